The van der Waals surface area contributed by atoms with Crippen LogP contribution >= 0.6 is 0 Å². The lowest BCUT2D eigenvalue weighted by molar-refractivity contribution is -0.142. The molecule has 6 nitrogen and oxygen atoms in total. The van der Waals surface area contributed by atoms with Gasteiger partial charge in [-0.15, -0.1) is 0 Å². The normalized spacial score (nSPS) is 15.9. The summed E-state index contributed by atoms with van der Waals surface area (Å²) in [7, 11) is 0. The maximum absolute atomic E-state index is 12.7. The number of hydrogen-bond donors (Lipinski definition) is 1. The Morgan fingerprint density at radius 3 is 2.67 bits per heavy atom. The van der Waals surface area contributed by atoms with Crippen molar-refractivity contribution in [2.45, 2.75) is 45.6 Å². The average molecular weight is 330 g/mol. The summed E-state index contributed by atoms with van der Waals surface area (Å²) < 4.78 is 10.8. The highest BCUT2D eigenvalue weighted by Gasteiger charge is 2.48. The van der Waals surface area contributed by atoms with E-state index >= 15 is 0 Å². The Balaban J connectivity index is 2.18. The average Bonchev–Trinajstić information content (AvgIpc) is 3.38. The zero-order valence-electron chi connectivity index (χ0n) is 14.2. The molecule has 1 aromatic carbocycles. The number of carbonyl (C=O) groups is 2. The van der Waals surface area contributed by atoms with Crippen molar-refractivity contribution in [3.05, 3.63) is 23.8 Å². The molecule has 0 spiro atoms. The Kier molecular flexibility index (Phi) is 5.58. The summed E-state index contributed by atoms with van der Waals surface area (Å²) in [6.07, 6.45) is 2.75. The largest absolute Gasteiger partial charge is 0.427 e. The number of nitrogens with zero attached hydrogens (tertiary/aromatic N) is 1. The zero-order chi connectivity index (χ0) is 17.7. The second-order valence-corrected chi connectivity index (χ2v) is 6.10. The Labute approximate surface area is 141 Å². The van der Waals surface area contributed by atoms with E-state index in [1.165, 1.54) is 13.0 Å². The van der Waals surface area contributed by atoms with Gasteiger partial charge in [0, 0.05) is 19.6 Å². The number of carbonyl (C=O) groups excluding carboxylic acids is 2. The Bertz CT molecular complexity index is 676. The lowest BCUT2D eigenvalue weighted by Crippen LogP contribution is -2.45. The maximum Gasteiger partial charge on any atom is 0.308 e. The van der Waals surface area contributed by atoms with E-state index in [9.17, 15) is 14.9 Å². The van der Waals surface area contributed by atoms with Crippen LogP contribution in [0.1, 0.15) is 45.6 Å². The first kappa shape index (κ1) is 18.0. The molecule has 0 bridgehead atoms. The third-order valence-electron chi connectivity index (χ3n) is 4.03. The highest BCUT2D eigenvalue weighted by atomic mass is 16.5. The Morgan fingerprint density at radius 1 is 1.42 bits per heavy atom. The van der Waals surface area contributed by atoms with Gasteiger partial charge in [0.2, 0.25) is 0 Å². The number of hydrogen-bond acceptors (Lipinski definition) is 5. The second-order valence-electron chi connectivity index (χ2n) is 6.10. The minimum Gasteiger partial charge on any atom is -0.427 e. The van der Waals surface area contributed by atoms with Crippen LogP contribution in [0, 0.1) is 17.2 Å². The number of anilines is 1. The van der Waals surface area contributed by atoms with Crippen LogP contribution in [0.2, 0.25) is 0 Å². The van der Waals surface area contributed by atoms with E-state index in [0.717, 1.165) is 19.3 Å². The fourth-order valence-electron chi connectivity index (χ4n) is 2.52. The number of esters is 1. The van der Waals surface area contributed by atoms with Crippen molar-refractivity contribution in [3.8, 4) is 11.8 Å². The molecule has 0 heterocycles. The lowest BCUT2D eigenvalue weighted by atomic mass is 9.98. The maximum atomic E-state index is 12.7. The predicted octanol–water partition coefficient (Wildman–Crippen LogP) is 3.02. The molecule has 1 unspecified atom stereocenters. The Hall–Kier alpha value is -2.39. The smallest absolute Gasteiger partial charge is 0.308 e. The summed E-state index contributed by atoms with van der Waals surface area (Å²) >= 11 is 0. The summed E-state index contributed by atoms with van der Waals surface area (Å²) in [5.74, 6) is -0.251. The number of ether oxygens (including phenoxy) is 2. The molecule has 1 atom stereocenters. The standard InChI is InChI=1S/C18H22N2O4/c1-4-9-23-18(3,14-5-6-14)17(22)20-16-8-7-15(24-12(2)21)10-13(16)11-19/h7-8,10,14H,4-6,9H2,1-3H3,(H,20,22). The van der Waals surface area contributed by atoms with Crippen molar-refractivity contribution in [2.75, 3.05) is 11.9 Å². The summed E-state index contributed by atoms with van der Waals surface area (Å²) in [4.78, 5) is 23.7. The van der Waals surface area contributed by atoms with Crippen molar-refractivity contribution >= 4 is 17.6 Å². The van der Waals surface area contributed by atoms with Gasteiger partial charge < -0.3 is 14.8 Å². The number of amides is 1. The monoisotopic (exact) mass is 330 g/mol. The van der Waals surface area contributed by atoms with E-state index < -0.39 is 11.6 Å². The summed E-state index contributed by atoms with van der Waals surface area (Å²) in [5, 5.41) is 12.1. The number of nitriles is 1. The van der Waals surface area contributed by atoms with Gasteiger partial charge in [-0.2, -0.15) is 5.26 Å². The van der Waals surface area contributed by atoms with E-state index in [1.54, 1.807) is 19.1 Å². The SMILES string of the molecule is CCCOC(C)(C(=O)Nc1ccc(OC(C)=O)cc1C#N)C1CC1. The van der Waals surface area contributed by atoms with Crippen LogP contribution in [0.5, 0.6) is 5.75 Å². The molecule has 1 N–H and O–H groups in total. The summed E-state index contributed by atoms with van der Waals surface area (Å²) in [5.41, 5.74) is -0.279. The van der Waals surface area contributed by atoms with Gasteiger partial charge >= 0.3 is 5.97 Å². The number of benzene rings is 1. The summed E-state index contributed by atoms with van der Waals surface area (Å²) in [6, 6.07) is 6.53. The zero-order valence-corrected chi connectivity index (χ0v) is 14.2. The van der Waals surface area contributed by atoms with E-state index in [1.807, 2.05) is 13.0 Å². The van der Waals surface area contributed by atoms with E-state index in [0.29, 0.717) is 12.3 Å². The van der Waals surface area contributed by atoms with Gasteiger partial charge in [0.1, 0.15) is 17.4 Å². The van der Waals surface area contributed by atoms with E-state index in [-0.39, 0.29) is 23.1 Å². The second kappa shape index (κ2) is 7.45. The topological polar surface area (TPSA) is 88.4 Å². The van der Waals surface area contributed by atoms with Gasteiger partial charge in [-0.25, -0.2) is 0 Å². The summed E-state index contributed by atoms with van der Waals surface area (Å²) in [6.45, 7) is 5.59. The van der Waals surface area contributed by atoms with Crippen LogP contribution in [0.3, 0.4) is 0 Å². The first-order chi connectivity index (χ1) is 11.4. The number of nitrogens with one attached hydrogen (secondary N) is 1. The molecular formula is C18H22N2O4. The van der Waals surface area contributed by atoms with Gasteiger partial charge in [0.05, 0.1) is 11.3 Å². The molecule has 0 radical (unpaired) electrons. The van der Waals surface area contributed by atoms with Gasteiger partial charge in [-0.3, -0.25) is 9.59 Å². The van der Waals surface area contributed by atoms with Crippen molar-refractivity contribution in [1.29, 1.82) is 5.26 Å². The third kappa shape index (κ3) is 4.12. The molecular weight excluding hydrogens is 308 g/mol. The molecule has 2 rings (SSSR count). The minimum atomic E-state index is -0.892. The molecule has 0 aromatic heterocycles. The molecule has 1 aliphatic carbocycles. The van der Waals surface area contributed by atoms with Crippen LogP contribution in [0.15, 0.2) is 18.2 Å². The molecule has 1 amide bonds. The minimum absolute atomic E-state index is 0.204. The van der Waals surface area contributed by atoms with Crippen LogP contribution in [-0.2, 0) is 14.3 Å². The highest BCUT2D eigenvalue weighted by Crippen LogP contribution is 2.42. The van der Waals surface area contributed by atoms with Crippen molar-refractivity contribution in [3.63, 3.8) is 0 Å². The molecule has 6 heteroatoms. The first-order valence-corrected chi connectivity index (χ1v) is 8.08. The fraction of sp³-hybridized carbons (Fsp3) is 0.500. The predicted molar refractivity (Wildman–Crippen MR) is 88.5 cm³/mol. The quantitative estimate of drug-likeness (QED) is 0.613. The van der Waals surface area contributed by atoms with Gasteiger partial charge in [-0.1, -0.05) is 6.92 Å². The van der Waals surface area contributed by atoms with Crippen molar-refractivity contribution in [2.24, 2.45) is 5.92 Å². The van der Waals surface area contributed by atoms with Gasteiger partial charge in [0.25, 0.3) is 5.91 Å². The molecule has 128 valence electrons. The van der Waals surface area contributed by atoms with E-state index in [4.69, 9.17) is 9.47 Å². The van der Waals surface area contributed by atoms with Gasteiger partial charge in [0.15, 0.2) is 0 Å². The van der Waals surface area contributed by atoms with Crippen molar-refractivity contribution in [1.82, 2.24) is 0 Å². The molecule has 0 aliphatic heterocycles. The van der Waals surface area contributed by atoms with Crippen LogP contribution in [0.25, 0.3) is 0 Å². The van der Waals surface area contributed by atoms with Crippen LogP contribution in [0.4, 0.5) is 5.69 Å². The Morgan fingerprint density at radius 2 is 2.12 bits per heavy atom. The molecule has 0 saturated heterocycles. The molecule has 1 aromatic rings. The van der Waals surface area contributed by atoms with Crippen LogP contribution in [-0.4, -0.2) is 24.1 Å². The van der Waals surface area contributed by atoms with E-state index in [2.05, 4.69) is 5.32 Å². The first-order valence-electron chi connectivity index (χ1n) is 8.08. The highest BCUT2D eigenvalue weighted by molar-refractivity contribution is 5.98. The molecule has 1 saturated carbocycles. The third-order valence-corrected chi connectivity index (χ3v) is 4.03. The molecule has 24 heavy (non-hydrogen) atoms. The number of rotatable bonds is 7. The fourth-order valence-corrected chi connectivity index (χ4v) is 2.52. The van der Waals surface area contributed by atoms with Gasteiger partial charge in [-0.05, 0) is 44.2 Å². The van der Waals surface area contributed by atoms with Crippen LogP contribution < -0.4 is 10.1 Å². The molecule has 1 fully saturated rings. The lowest BCUT2D eigenvalue weighted by Gasteiger charge is -2.28. The molecule has 1 aliphatic rings. The van der Waals surface area contributed by atoms with Crippen molar-refractivity contribution < 1.29 is 19.1 Å².